The van der Waals surface area contributed by atoms with Crippen molar-refractivity contribution in [2.45, 2.75) is 20.3 Å². The molecule has 1 saturated heterocycles. The molecule has 136 valence electrons. The second-order valence-electron chi connectivity index (χ2n) is 5.34. The normalized spacial score (nSPS) is 14.7. The van der Waals surface area contributed by atoms with Crippen molar-refractivity contribution >= 4 is 68.1 Å². The van der Waals surface area contributed by atoms with E-state index in [9.17, 15) is 4.79 Å². The molecular weight excluding hydrogens is 387 g/mol. The highest BCUT2D eigenvalue weighted by atomic mass is 35.5. The van der Waals surface area contributed by atoms with Crippen molar-refractivity contribution in [1.82, 2.24) is 15.2 Å². The van der Waals surface area contributed by atoms with Gasteiger partial charge in [-0.25, -0.2) is 4.98 Å². The highest BCUT2D eigenvalue weighted by molar-refractivity contribution is 7.29. The van der Waals surface area contributed by atoms with E-state index in [0.717, 1.165) is 65.2 Å². The van der Waals surface area contributed by atoms with Gasteiger partial charge in [-0.2, -0.15) is 0 Å². The highest BCUT2D eigenvalue weighted by Gasteiger charge is 2.21. The summed E-state index contributed by atoms with van der Waals surface area (Å²) in [5, 5.41) is 4.39. The van der Waals surface area contributed by atoms with E-state index in [4.69, 9.17) is 4.98 Å². The molecule has 0 bridgehead atoms. The van der Waals surface area contributed by atoms with E-state index in [0.29, 0.717) is 0 Å². The summed E-state index contributed by atoms with van der Waals surface area (Å²) in [7, 11) is 0. The van der Waals surface area contributed by atoms with Crippen molar-refractivity contribution in [3.63, 3.8) is 0 Å². The van der Waals surface area contributed by atoms with Crippen LogP contribution in [0.5, 0.6) is 0 Å². The van der Waals surface area contributed by atoms with Gasteiger partial charge >= 0.3 is 0 Å². The Morgan fingerprint density at radius 1 is 1.25 bits per heavy atom. The molecule has 0 aromatic carbocycles. The van der Waals surface area contributed by atoms with Crippen molar-refractivity contribution in [1.29, 1.82) is 0 Å². The van der Waals surface area contributed by atoms with E-state index in [2.05, 4.69) is 24.1 Å². The predicted octanol–water partition coefficient (Wildman–Crippen LogP) is 3.48. The number of rotatable bonds is 4. The Kier molecular flexibility index (Phi) is 8.73. The van der Waals surface area contributed by atoms with Crippen LogP contribution in [0.25, 0.3) is 9.53 Å². The maximum absolute atomic E-state index is 12.6. The average Bonchev–Trinajstić information content (AvgIpc) is 2.96. The Bertz CT molecular complexity index is 617. The number of halogens is 2. The van der Waals surface area contributed by atoms with Crippen LogP contribution in [0.15, 0.2) is 6.07 Å². The first kappa shape index (κ1) is 21.4. The van der Waals surface area contributed by atoms with Crippen LogP contribution in [0.4, 0.5) is 5.13 Å². The molecule has 1 fully saturated rings. The second-order valence-corrected chi connectivity index (χ2v) is 7.38. The van der Waals surface area contributed by atoms with Gasteiger partial charge in [0.05, 0.1) is 9.58 Å². The number of nitrogens with one attached hydrogen (secondary N) is 1. The monoisotopic (exact) mass is 410 g/mol. The first-order valence-electron chi connectivity index (χ1n) is 7.88. The summed E-state index contributed by atoms with van der Waals surface area (Å²) in [5.41, 5.74) is 0. The lowest BCUT2D eigenvalue weighted by molar-refractivity contribution is 0.0771. The summed E-state index contributed by atoms with van der Waals surface area (Å²) >= 11 is 3.21. The number of carbonyl (C=O) groups excluding carboxylic acids is 1. The molecule has 0 atom stereocenters. The van der Waals surface area contributed by atoms with Gasteiger partial charge < -0.3 is 15.1 Å². The molecule has 3 heterocycles. The molecule has 0 unspecified atom stereocenters. The SMILES string of the molecule is CCN(CC)c1nc2sc(C(=O)N3CCCNCC3)cc2s1.Cl.Cl. The lowest BCUT2D eigenvalue weighted by Crippen LogP contribution is -2.33. The van der Waals surface area contributed by atoms with Gasteiger partial charge in [-0.05, 0) is 32.9 Å². The third-order valence-corrected chi connectivity index (χ3v) is 6.16. The van der Waals surface area contributed by atoms with Crippen molar-refractivity contribution < 1.29 is 4.79 Å². The van der Waals surface area contributed by atoms with Crippen molar-refractivity contribution in [3.8, 4) is 0 Å². The van der Waals surface area contributed by atoms with Gasteiger partial charge in [0.15, 0.2) is 5.13 Å². The van der Waals surface area contributed by atoms with Crippen LogP contribution in [-0.2, 0) is 0 Å². The molecule has 1 aliphatic heterocycles. The van der Waals surface area contributed by atoms with Gasteiger partial charge in [-0.3, -0.25) is 4.79 Å². The summed E-state index contributed by atoms with van der Waals surface area (Å²) in [5.74, 6) is 0.156. The van der Waals surface area contributed by atoms with Gasteiger partial charge in [0.25, 0.3) is 5.91 Å². The Morgan fingerprint density at radius 3 is 2.67 bits per heavy atom. The van der Waals surface area contributed by atoms with Gasteiger partial charge in [-0.1, -0.05) is 11.3 Å². The molecule has 2 aromatic rings. The summed E-state index contributed by atoms with van der Waals surface area (Å²) < 4.78 is 1.13. The number of thiophene rings is 1. The van der Waals surface area contributed by atoms with E-state index in [1.165, 1.54) is 11.3 Å². The summed E-state index contributed by atoms with van der Waals surface area (Å²) in [6.07, 6.45) is 1.02. The quantitative estimate of drug-likeness (QED) is 0.837. The molecule has 2 aromatic heterocycles. The van der Waals surface area contributed by atoms with E-state index < -0.39 is 0 Å². The van der Waals surface area contributed by atoms with Gasteiger partial charge in [0, 0.05) is 32.7 Å². The minimum Gasteiger partial charge on any atom is -0.349 e. The number of carbonyl (C=O) groups is 1. The number of hydrogen-bond donors (Lipinski definition) is 1. The van der Waals surface area contributed by atoms with Crippen molar-refractivity contribution in [3.05, 3.63) is 10.9 Å². The molecule has 0 spiro atoms. The fraction of sp³-hybridized carbons (Fsp3) is 0.600. The number of hydrogen-bond acceptors (Lipinski definition) is 6. The molecule has 3 rings (SSSR count). The fourth-order valence-electron chi connectivity index (χ4n) is 2.66. The smallest absolute Gasteiger partial charge is 0.264 e. The first-order valence-corrected chi connectivity index (χ1v) is 9.51. The Balaban J connectivity index is 0.00000144. The second kappa shape index (κ2) is 9.77. The Labute approximate surface area is 163 Å². The number of anilines is 1. The maximum Gasteiger partial charge on any atom is 0.264 e. The van der Waals surface area contributed by atoms with Crippen LogP contribution in [0.2, 0.25) is 0 Å². The van der Waals surface area contributed by atoms with Gasteiger partial charge in [0.1, 0.15) is 4.83 Å². The molecule has 0 aliphatic carbocycles. The molecule has 1 amide bonds. The van der Waals surface area contributed by atoms with Crippen LogP contribution < -0.4 is 10.2 Å². The zero-order valence-electron chi connectivity index (χ0n) is 13.9. The minimum atomic E-state index is 0. The Hall–Kier alpha value is -0.600. The summed E-state index contributed by atoms with van der Waals surface area (Å²) in [6, 6.07) is 2.02. The number of aromatic nitrogens is 1. The fourth-order valence-corrected chi connectivity index (χ4v) is 4.97. The average molecular weight is 411 g/mol. The van der Waals surface area contributed by atoms with Crippen molar-refractivity contribution in [2.75, 3.05) is 44.2 Å². The molecule has 9 heteroatoms. The number of fused-ring (bicyclic) bond motifs is 1. The zero-order chi connectivity index (χ0) is 15.5. The summed E-state index contributed by atoms with van der Waals surface area (Å²) in [4.78, 5) is 23.3. The molecule has 5 nitrogen and oxygen atoms in total. The third kappa shape index (κ3) is 4.52. The number of thiazole rings is 1. The predicted molar refractivity (Wildman–Crippen MR) is 109 cm³/mol. The molecule has 0 radical (unpaired) electrons. The van der Waals surface area contributed by atoms with Crippen LogP contribution in [0, 0.1) is 0 Å². The van der Waals surface area contributed by atoms with E-state index in [-0.39, 0.29) is 30.7 Å². The van der Waals surface area contributed by atoms with Gasteiger partial charge in [-0.15, -0.1) is 36.2 Å². The van der Waals surface area contributed by atoms with Crippen LogP contribution in [-0.4, -0.2) is 55.1 Å². The molecule has 1 N–H and O–H groups in total. The number of amides is 1. The van der Waals surface area contributed by atoms with Crippen molar-refractivity contribution in [2.24, 2.45) is 0 Å². The third-order valence-electron chi connectivity index (χ3n) is 3.95. The lowest BCUT2D eigenvalue weighted by atomic mass is 10.3. The first-order chi connectivity index (χ1) is 10.7. The zero-order valence-corrected chi connectivity index (χ0v) is 17.2. The lowest BCUT2D eigenvalue weighted by Gasteiger charge is -2.18. The van der Waals surface area contributed by atoms with Crippen LogP contribution >= 0.6 is 47.5 Å². The molecular formula is C15H24Cl2N4OS2. The van der Waals surface area contributed by atoms with E-state index in [1.807, 2.05) is 11.0 Å². The van der Waals surface area contributed by atoms with E-state index >= 15 is 0 Å². The highest BCUT2D eigenvalue weighted by Crippen LogP contribution is 2.35. The van der Waals surface area contributed by atoms with Crippen LogP contribution in [0.1, 0.15) is 29.9 Å². The van der Waals surface area contributed by atoms with E-state index in [1.54, 1.807) is 11.3 Å². The molecule has 24 heavy (non-hydrogen) atoms. The topological polar surface area (TPSA) is 48.5 Å². The molecule has 1 aliphatic rings. The Morgan fingerprint density at radius 2 is 2.00 bits per heavy atom. The minimum absolute atomic E-state index is 0. The molecule has 0 saturated carbocycles. The summed E-state index contributed by atoms with van der Waals surface area (Å²) in [6.45, 7) is 9.72. The van der Waals surface area contributed by atoms with Gasteiger partial charge in [0.2, 0.25) is 0 Å². The number of nitrogens with zero attached hydrogens (tertiary/aromatic N) is 3. The largest absolute Gasteiger partial charge is 0.349 e. The maximum atomic E-state index is 12.6. The van der Waals surface area contributed by atoms with Crippen LogP contribution in [0.3, 0.4) is 0 Å². The standard InChI is InChI=1S/C15H22N4OS2.2ClH/c1-3-18(4-2)15-17-13-11(22-15)10-12(21-13)14(20)19-8-5-6-16-7-9-19;;/h10,16H,3-9H2,1-2H3;2*1H.